The number of carbonyl (C=O) groups excluding carboxylic acids is 1. The maximum Gasteiger partial charge on any atom is 0.224 e. The first-order chi connectivity index (χ1) is 9.09. The minimum absolute atomic E-state index is 0.153. The van der Waals surface area contributed by atoms with Crippen LogP contribution in [0.4, 0.5) is 0 Å². The van der Waals surface area contributed by atoms with Gasteiger partial charge in [0.05, 0.1) is 0 Å². The second-order valence-electron chi connectivity index (χ2n) is 5.63. The van der Waals surface area contributed by atoms with Crippen LogP contribution in [-0.4, -0.2) is 34.9 Å². The van der Waals surface area contributed by atoms with Gasteiger partial charge in [0.2, 0.25) is 5.91 Å². The summed E-state index contributed by atoms with van der Waals surface area (Å²) in [6, 6.07) is 5.86. The largest absolute Gasteiger partial charge is 0.345 e. The molecule has 104 valence electrons. The summed E-state index contributed by atoms with van der Waals surface area (Å²) in [6.45, 7) is 0.700. The fraction of sp³-hybridized carbons (Fsp3) is 0.600. The van der Waals surface area contributed by atoms with E-state index in [1.807, 2.05) is 25.2 Å². The lowest BCUT2D eigenvalue weighted by Crippen LogP contribution is -2.43. The fourth-order valence-corrected chi connectivity index (χ4v) is 2.64. The second-order valence-corrected chi connectivity index (χ2v) is 5.63. The molecular formula is C15H23N3O. The van der Waals surface area contributed by atoms with Crippen molar-refractivity contribution in [3.63, 3.8) is 0 Å². The summed E-state index contributed by atoms with van der Waals surface area (Å²) in [4.78, 5) is 18.2. The topological polar surface area (TPSA) is 59.2 Å². The number of carbonyl (C=O) groups is 1. The van der Waals surface area contributed by atoms with Gasteiger partial charge in [-0.15, -0.1) is 0 Å². The van der Waals surface area contributed by atoms with Gasteiger partial charge in [-0.25, -0.2) is 0 Å². The average molecular weight is 261 g/mol. The summed E-state index contributed by atoms with van der Waals surface area (Å²) in [5.41, 5.74) is 7.01. The molecular weight excluding hydrogens is 238 g/mol. The normalized spacial score (nSPS) is 17.4. The number of pyridine rings is 1. The van der Waals surface area contributed by atoms with Gasteiger partial charge in [0, 0.05) is 43.9 Å². The molecule has 1 aromatic heterocycles. The van der Waals surface area contributed by atoms with E-state index in [9.17, 15) is 4.79 Å². The lowest BCUT2D eigenvalue weighted by atomic mass is 9.94. The summed E-state index contributed by atoms with van der Waals surface area (Å²) in [6.07, 6.45) is 7.32. The third-order valence-corrected chi connectivity index (χ3v) is 3.96. The number of rotatable bonds is 5. The molecule has 4 heteroatoms. The molecule has 1 fully saturated rings. The van der Waals surface area contributed by atoms with Gasteiger partial charge in [-0.2, -0.15) is 0 Å². The van der Waals surface area contributed by atoms with E-state index in [2.05, 4.69) is 4.98 Å². The van der Waals surface area contributed by atoms with Crippen LogP contribution in [0.2, 0.25) is 0 Å². The van der Waals surface area contributed by atoms with E-state index in [0.717, 1.165) is 37.8 Å². The summed E-state index contributed by atoms with van der Waals surface area (Å²) in [7, 11) is 1.85. The van der Waals surface area contributed by atoms with Crippen molar-refractivity contribution in [1.82, 2.24) is 9.88 Å². The van der Waals surface area contributed by atoms with Gasteiger partial charge >= 0.3 is 0 Å². The number of amides is 1. The van der Waals surface area contributed by atoms with Crippen LogP contribution in [0.1, 0.15) is 37.8 Å². The number of nitrogens with zero attached hydrogens (tertiary/aromatic N) is 2. The van der Waals surface area contributed by atoms with Crippen molar-refractivity contribution in [1.29, 1.82) is 0 Å². The molecule has 2 rings (SSSR count). The average Bonchev–Trinajstić information content (AvgIpc) is 2.83. The van der Waals surface area contributed by atoms with Crippen molar-refractivity contribution in [2.75, 3.05) is 13.6 Å². The first-order valence-electron chi connectivity index (χ1n) is 7.02. The molecule has 0 spiro atoms. The van der Waals surface area contributed by atoms with E-state index in [0.29, 0.717) is 13.0 Å². The van der Waals surface area contributed by atoms with Gasteiger partial charge in [0.25, 0.3) is 0 Å². The van der Waals surface area contributed by atoms with Crippen molar-refractivity contribution < 1.29 is 4.79 Å². The van der Waals surface area contributed by atoms with Crippen molar-refractivity contribution >= 4 is 5.91 Å². The van der Waals surface area contributed by atoms with E-state index in [-0.39, 0.29) is 11.4 Å². The zero-order valence-corrected chi connectivity index (χ0v) is 11.6. The van der Waals surface area contributed by atoms with Crippen molar-refractivity contribution in [3.05, 3.63) is 30.1 Å². The zero-order valence-electron chi connectivity index (χ0n) is 11.6. The van der Waals surface area contributed by atoms with Crippen molar-refractivity contribution in [3.8, 4) is 0 Å². The Morgan fingerprint density at radius 2 is 2.16 bits per heavy atom. The Labute approximate surface area is 115 Å². The molecule has 1 saturated carbocycles. The maximum absolute atomic E-state index is 12.2. The summed E-state index contributed by atoms with van der Waals surface area (Å²) in [5, 5.41) is 0. The Kier molecular flexibility index (Phi) is 4.53. The quantitative estimate of drug-likeness (QED) is 0.878. The standard InChI is InChI=1S/C15H23N3O/c1-18(11-7-13-6-2-5-10-17-13)14(19)12-15(16)8-3-4-9-15/h2,5-6,10H,3-4,7-9,11-12,16H2,1H3. The smallest absolute Gasteiger partial charge is 0.224 e. The minimum atomic E-state index is -0.254. The van der Waals surface area contributed by atoms with Crippen LogP contribution in [0.3, 0.4) is 0 Å². The molecule has 1 heterocycles. The zero-order chi connectivity index (χ0) is 13.7. The molecule has 0 bridgehead atoms. The molecule has 0 saturated heterocycles. The third kappa shape index (κ3) is 4.03. The predicted octanol–water partition coefficient (Wildman–Crippen LogP) is 1.74. The van der Waals surface area contributed by atoms with E-state index in [4.69, 9.17) is 5.73 Å². The second kappa shape index (κ2) is 6.15. The Balaban J connectivity index is 1.79. The Morgan fingerprint density at radius 1 is 1.42 bits per heavy atom. The van der Waals surface area contributed by atoms with Gasteiger partial charge in [-0.3, -0.25) is 9.78 Å². The lowest BCUT2D eigenvalue weighted by molar-refractivity contribution is -0.131. The Morgan fingerprint density at radius 3 is 2.79 bits per heavy atom. The molecule has 19 heavy (non-hydrogen) atoms. The van der Waals surface area contributed by atoms with Crippen LogP contribution in [0.25, 0.3) is 0 Å². The van der Waals surface area contributed by atoms with E-state index >= 15 is 0 Å². The summed E-state index contributed by atoms with van der Waals surface area (Å²) in [5.74, 6) is 0.153. The monoisotopic (exact) mass is 261 g/mol. The number of likely N-dealkylation sites (N-methyl/N-ethyl adjacent to an activating group) is 1. The Hall–Kier alpha value is -1.42. The first kappa shape index (κ1) is 14.0. The molecule has 0 unspecified atom stereocenters. The minimum Gasteiger partial charge on any atom is -0.345 e. The molecule has 0 atom stereocenters. The third-order valence-electron chi connectivity index (χ3n) is 3.96. The molecule has 1 aliphatic carbocycles. The van der Waals surface area contributed by atoms with Gasteiger partial charge in [0.15, 0.2) is 0 Å². The van der Waals surface area contributed by atoms with Gasteiger partial charge in [-0.1, -0.05) is 18.9 Å². The number of aromatic nitrogens is 1. The number of nitrogens with two attached hydrogens (primary N) is 1. The molecule has 0 aliphatic heterocycles. The van der Waals surface area contributed by atoms with E-state index in [1.54, 1.807) is 11.1 Å². The van der Waals surface area contributed by atoms with Gasteiger partial charge in [0.1, 0.15) is 0 Å². The van der Waals surface area contributed by atoms with Gasteiger partial charge in [-0.05, 0) is 25.0 Å². The van der Waals surface area contributed by atoms with Gasteiger partial charge < -0.3 is 10.6 Å². The maximum atomic E-state index is 12.2. The van der Waals surface area contributed by atoms with Crippen LogP contribution in [0.5, 0.6) is 0 Å². The highest BCUT2D eigenvalue weighted by molar-refractivity contribution is 5.77. The first-order valence-corrected chi connectivity index (χ1v) is 7.02. The molecule has 1 amide bonds. The van der Waals surface area contributed by atoms with Crippen molar-refractivity contribution in [2.24, 2.45) is 5.73 Å². The highest BCUT2D eigenvalue weighted by Crippen LogP contribution is 2.30. The summed E-state index contributed by atoms with van der Waals surface area (Å²) < 4.78 is 0. The van der Waals surface area contributed by atoms with Crippen LogP contribution < -0.4 is 5.73 Å². The van der Waals surface area contributed by atoms with Crippen LogP contribution in [0.15, 0.2) is 24.4 Å². The number of hydrogen-bond donors (Lipinski definition) is 1. The highest BCUT2D eigenvalue weighted by atomic mass is 16.2. The van der Waals surface area contributed by atoms with Crippen LogP contribution >= 0.6 is 0 Å². The lowest BCUT2D eigenvalue weighted by Gasteiger charge is -2.26. The molecule has 0 aromatic carbocycles. The fourth-order valence-electron chi connectivity index (χ4n) is 2.64. The molecule has 4 nitrogen and oxygen atoms in total. The number of hydrogen-bond acceptors (Lipinski definition) is 3. The van der Waals surface area contributed by atoms with Crippen LogP contribution in [0, 0.1) is 0 Å². The molecule has 2 N–H and O–H groups in total. The summed E-state index contributed by atoms with van der Waals surface area (Å²) >= 11 is 0. The van der Waals surface area contributed by atoms with E-state index in [1.165, 1.54) is 0 Å². The molecule has 0 radical (unpaired) electrons. The van der Waals surface area contributed by atoms with Crippen molar-refractivity contribution in [2.45, 2.75) is 44.1 Å². The molecule has 1 aromatic rings. The Bertz CT molecular complexity index is 413. The van der Waals surface area contributed by atoms with Crippen LogP contribution in [-0.2, 0) is 11.2 Å². The highest BCUT2D eigenvalue weighted by Gasteiger charge is 2.32. The predicted molar refractivity (Wildman–Crippen MR) is 75.6 cm³/mol. The SMILES string of the molecule is CN(CCc1ccccn1)C(=O)CC1(N)CCCC1. The van der Waals surface area contributed by atoms with E-state index < -0.39 is 0 Å². The molecule has 1 aliphatic rings.